The second-order valence-electron chi connectivity index (χ2n) is 5.22. The number of hydrogen-bond acceptors (Lipinski definition) is 5. The van der Waals surface area contributed by atoms with E-state index < -0.39 is 37.7 Å². The van der Waals surface area contributed by atoms with Crippen molar-refractivity contribution >= 4 is 39.4 Å². The van der Waals surface area contributed by atoms with Gasteiger partial charge in [0, 0.05) is 6.20 Å². The average molecular weight is 343 g/mol. The van der Waals surface area contributed by atoms with Gasteiger partial charge in [0.25, 0.3) is 5.91 Å². The van der Waals surface area contributed by atoms with Crippen molar-refractivity contribution in [3.63, 3.8) is 0 Å². The fourth-order valence-electron chi connectivity index (χ4n) is 2.62. The molecule has 7 nitrogen and oxygen atoms in total. The van der Waals surface area contributed by atoms with E-state index >= 15 is 0 Å². The van der Waals surface area contributed by atoms with Crippen LogP contribution >= 0.6 is 11.6 Å². The summed E-state index contributed by atoms with van der Waals surface area (Å²) in [4.78, 5) is 26.3. The molecule has 0 radical (unpaired) electrons. The first-order valence-electron chi connectivity index (χ1n) is 6.32. The fourth-order valence-corrected chi connectivity index (χ4v) is 5.33. The van der Waals surface area contributed by atoms with Crippen LogP contribution in [0.25, 0.3) is 6.08 Å². The van der Waals surface area contributed by atoms with E-state index in [1.807, 2.05) is 0 Å². The number of alkyl halides is 1. The number of nitrogens with zero attached hydrogens (tertiary/aromatic N) is 2. The summed E-state index contributed by atoms with van der Waals surface area (Å²) in [6.07, 6.45) is 2.93. The Bertz CT molecular complexity index is 792. The highest BCUT2D eigenvalue weighted by atomic mass is 35.5. The first-order valence-corrected chi connectivity index (χ1v) is 8.41. The summed E-state index contributed by atoms with van der Waals surface area (Å²) < 4.78 is 24.6. The first kappa shape index (κ1) is 15.0. The van der Waals surface area contributed by atoms with Gasteiger partial charge in [0.1, 0.15) is 0 Å². The Kier molecular flexibility index (Phi) is 3.26. The first-order chi connectivity index (χ1) is 10.2. The molecule has 1 aromatic rings. The SMILES string of the molecule is O=C1C(=Cc2ccccn2)[C@@H]2N1CC(Cl)(C(=O)O)CS2(=O)=O. The molecule has 1 N–H and O–H groups in total. The van der Waals surface area contributed by atoms with Crippen LogP contribution in [0.4, 0.5) is 0 Å². The molecule has 0 aromatic carbocycles. The number of β-lactam (4-membered cyclic amide) rings is 1. The van der Waals surface area contributed by atoms with E-state index in [0.29, 0.717) is 5.69 Å². The minimum absolute atomic E-state index is 0.0859. The number of carboxylic acids is 1. The van der Waals surface area contributed by atoms with E-state index in [-0.39, 0.29) is 12.1 Å². The average Bonchev–Trinajstić information content (AvgIpc) is 2.45. The number of fused-ring (bicyclic) bond motifs is 1. The molecule has 0 bridgehead atoms. The predicted octanol–water partition coefficient (Wildman–Crippen LogP) is 0.124. The minimum Gasteiger partial charge on any atom is -0.480 e. The van der Waals surface area contributed by atoms with E-state index in [1.165, 1.54) is 12.3 Å². The Morgan fingerprint density at radius 1 is 1.50 bits per heavy atom. The molecule has 3 rings (SSSR count). The maximum atomic E-state index is 12.3. The van der Waals surface area contributed by atoms with E-state index in [1.54, 1.807) is 18.2 Å². The smallest absolute Gasteiger partial charge is 0.327 e. The van der Waals surface area contributed by atoms with E-state index in [0.717, 1.165) is 4.90 Å². The third-order valence-electron chi connectivity index (χ3n) is 3.62. The van der Waals surface area contributed by atoms with Gasteiger partial charge in [-0.05, 0) is 18.2 Å². The number of sulfone groups is 1. The summed E-state index contributed by atoms with van der Waals surface area (Å²) in [5.74, 6) is -2.71. The molecule has 9 heteroatoms. The van der Waals surface area contributed by atoms with Gasteiger partial charge >= 0.3 is 5.97 Å². The molecular formula is C13H11ClN2O5S. The maximum absolute atomic E-state index is 12.3. The van der Waals surface area contributed by atoms with E-state index in [9.17, 15) is 18.0 Å². The lowest BCUT2D eigenvalue weighted by atomic mass is 10.0. The standard InChI is InChI=1S/C13H11ClN2O5S/c14-13(12(18)19)6-16-10(17)9(11(16)22(20,21)7-13)5-8-3-1-2-4-15-8/h1-5,11H,6-7H2,(H,18,19)/t11-,13?/m1/s1. The Morgan fingerprint density at radius 2 is 2.23 bits per heavy atom. The Hall–Kier alpha value is -1.93. The van der Waals surface area contributed by atoms with Gasteiger partial charge in [-0.15, -0.1) is 11.6 Å². The lowest BCUT2D eigenvalue weighted by molar-refractivity contribution is -0.143. The molecule has 3 heterocycles. The van der Waals surface area contributed by atoms with Crippen LogP contribution < -0.4 is 0 Å². The molecular weight excluding hydrogens is 332 g/mol. The second-order valence-corrected chi connectivity index (χ2v) is 8.00. The predicted molar refractivity (Wildman–Crippen MR) is 77.7 cm³/mol. The van der Waals surface area contributed by atoms with Gasteiger partial charge in [0.05, 0.1) is 23.6 Å². The fraction of sp³-hybridized carbons (Fsp3) is 0.308. The van der Waals surface area contributed by atoms with Gasteiger partial charge < -0.3 is 10.0 Å². The number of carbonyl (C=O) groups is 2. The Morgan fingerprint density at radius 3 is 2.82 bits per heavy atom. The molecule has 1 amide bonds. The molecule has 2 atom stereocenters. The van der Waals surface area contributed by atoms with Crippen LogP contribution in [0.3, 0.4) is 0 Å². The summed E-state index contributed by atoms with van der Waals surface area (Å²) in [5.41, 5.74) is 0.546. The molecule has 0 spiro atoms. The topological polar surface area (TPSA) is 105 Å². The maximum Gasteiger partial charge on any atom is 0.327 e. The lowest BCUT2D eigenvalue weighted by Gasteiger charge is -2.48. The number of halogens is 1. The molecule has 2 fully saturated rings. The quantitative estimate of drug-likeness (QED) is 0.465. The number of aromatic nitrogens is 1. The van der Waals surface area contributed by atoms with Crippen LogP contribution in [0.5, 0.6) is 0 Å². The monoisotopic (exact) mass is 342 g/mol. The van der Waals surface area contributed by atoms with Crippen molar-refractivity contribution in [2.45, 2.75) is 10.2 Å². The zero-order chi connectivity index (χ0) is 16.1. The highest BCUT2D eigenvalue weighted by Gasteiger charge is 2.60. The van der Waals surface area contributed by atoms with Crippen LogP contribution in [0.2, 0.25) is 0 Å². The molecule has 116 valence electrons. The number of carboxylic acid groups (broad SMARTS) is 1. The van der Waals surface area contributed by atoms with Crippen molar-refractivity contribution in [2.75, 3.05) is 12.3 Å². The molecule has 1 unspecified atom stereocenters. The van der Waals surface area contributed by atoms with Gasteiger partial charge in [-0.3, -0.25) is 14.6 Å². The molecule has 0 aliphatic carbocycles. The number of rotatable bonds is 2. The van der Waals surface area contributed by atoms with Gasteiger partial charge in [-0.2, -0.15) is 0 Å². The van der Waals surface area contributed by atoms with Gasteiger partial charge in [0.2, 0.25) is 0 Å². The van der Waals surface area contributed by atoms with Gasteiger partial charge in [0.15, 0.2) is 20.1 Å². The molecule has 2 aliphatic rings. The van der Waals surface area contributed by atoms with E-state index in [2.05, 4.69) is 4.98 Å². The summed E-state index contributed by atoms with van der Waals surface area (Å²) >= 11 is 5.86. The van der Waals surface area contributed by atoms with Crippen molar-refractivity contribution < 1.29 is 23.1 Å². The normalized spacial score (nSPS) is 31.5. The molecule has 0 saturated carbocycles. The number of carbonyl (C=O) groups excluding carboxylic acids is 1. The number of amides is 1. The van der Waals surface area contributed by atoms with Crippen LogP contribution in [0.15, 0.2) is 30.0 Å². The zero-order valence-electron chi connectivity index (χ0n) is 11.1. The molecule has 2 aliphatic heterocycles. The van der Waals surface area contributed by atoms with Crippen molar-refractivity contribution in [3.8, 4) is 0 Å². The van der Waals surface area contributed by atoms with Crippen molar-refractivity contribution in [2.24, 2.45) is 0 Å². The minimum atomic E-state index is -3.88. The summed E-state index contributed by atoms with van der Waals surface area (Å²) in [6.45, 7) is -0.341. The van der Waals surface area contributed by atoms with Crippen molar-refractivity contribution in [1.29, 1.82) is 0 Å². The van der Waals surface area contributed by atoms with Crippen LogP contribution in [0, 0.1) is 0 Å². The third-order valence-corrected chi connectivity index (χ3v) is 6.28. The van der Waals surface area contributed by atoms with Crippen LogP contribution in [0.1, 0.15) is 5.69 Å². The number of hydrogen-bond donors (Lipinski definition) is 1. The molecule has 22 heavy (non-hydrogen) atoms. The number of pyridine rings is 1. The van der Waals surface area contributed by atoms with Crippen molar-refractivity contribution in [1.82, 2.24) is 9.88 Å². The lowest BCUT2D eigenvalue weighted by Crippen LogP contribution is -2.69. The van der Waals surface area contributed by atoms with Crippen LogP contribution in [-0.4, -0.2) is 57.8 Å². The van der Waals surface area contributed by atoms with Crippen molar-refractivity contribution in [3.05, 3.63) is 35.7 Å². The van der Waals surface area contributed by atoms with Gasteiger partial charge in [-0.1, -0.05) is 6.07 Å². The Balaban J connectivity index is 1.98. The second kappa shape index (κ2) is 4.79. The highest BCUT2D eigenvalue weighted by Crippen LogP contribution is 2.40. The zero-order valence-corrected chi connectivity index (χ0v) is 12.7. The highest BCUT2D eigenvalue weighted by molar-refractivity contribution is 7.92. The Labute approximate surface area is 131 Å². The van der Waals surface area contributed by atoms with E-state index in [4.69, 9.17) is 16.7 Å². The summed E-state index contributed by atoms with van der Waals surface area (Å²) in [5, 5.41) is 7.94. The van der Waals surface area contributed by atoms with Gasteiger partial charge in [-0.25, -0.2) is 8.42 Å². The number of aliphatic carboxylic acids is 1. The molecule has 2 saturated heterocycles. The van der Waals surface area contributed by atoms with Crippen LogP contribution in [-0.2, 0) is 19.4 Å². The third kappa shape index (κ3) is 2.19. The summed E-state index contributed by atoms with van der Waals surface area (Å²) in [6, 6.07) is 5.05. The summed E-state index contributed by atoms with van der Waals surface area (Å²) in [7, 11) is -3.88. The molecule has 1 aromatic heterocycles. The largest absolute Gasteiger partial charge is 0.480 e.